The van der Waals surface area contributed by atoms with Crippen LogP contribution in [0.3, 0.4) is 0 Å². The van der Waals surface area contributed by atoms with Crippen molar-refractivity contribution in [1.82, 2.24) is 25.9 Å². The van der Waals surface area contributed by atoms with Gasteiger partial charge in [-0.3, -0.25) is 19.2 Å². The predicted octanol–water partition coefficient (Wildman–Crippen LogP) is -0.322. The molecule has 0 fully saturated rings. The van der Waals surface area contributed by atoms with Gasteiger partial charge in [-0.25, -0.2) is 9.78 Å². The van der Waals surface area contributed by atoms with Gasteiger partial charge in [0.25, 0.3) is 0 Å². The van der Waals surface area contributed by atoms with Gasteiger partial charge >= 0.3 is 11.9 Å². The molecule has 1 aromatic heterocycles. The van der Waals surface area contributed by atoms with Gasteiger partial charge in [0.15, 0.2) is 0 Å². The Bertz CT molecular complexity index is 1150. The summed E-state index contributed by atoms with van der Waals surface area (Å²) in [7, 11) is 0. The van der Waals surface area contributed by atoms with Gasteiger partial charge in [-0.05, 0) is 36.5 Å². The highest BCUT2D eigenvalue weighted by molar-refractivity contribution is 5.94. The van der Waals surface area contributed by atoms with Gasteiger partial charge < -0.3 is 42.0 Å². The summed E-state index contributed by atoms with van der Waals surface area (Å²) in [6.45, 7) is 3.78. The highest BCUT2D eigenvalue weighted by atomic mass is 16.4. The molecule has 0 aliphatic heterocycles. The molecule has 3 amide bonds. The Kier molecular flexibility index (Phi) is 12.1. The zero-order valence-electron chi connectivity index (χ0n) is 22.3. The summed E-state index contributed by atoms with van der Waals surface area (Å²) in [6, 6.07) is 0.812. The Balaban J connectivity index is 2.21. The number of carboxylic acids is 2. The smallest absolute Gasteiger partial charge is 0.326 e. The maximum Gasteiger partial charge on any atom is 0.326 e. The van der Waals surface area contributed by atoms with Crippen LogP contribution in [0.1, 0.15) is 44.4 Å². The minimum Gasteiger partial charge on any atom is -0.508 e. The fraction of sp³-hybridized carbons (Fsp3) is 0.462. The summed E-state index contributed by atoms with van der Waals surface area (Å²) in [5, 5.41) is 35.6. The first-order valence-corrected chi connectivity index (χ1v) is 12.7. The number of aromatic nitrogens is 2. The van der Waals surface area contributed by atoms with E-state index in [1.807, 2.05) is 13.8 Å². The minimum atomic E-state index is -1.42. The van der Waals surface area contributed by atoms with E-state index < -0.39 is 60.2 Å². The number of imidazole rings is 1. The summed E-state index contributed by atoms with van der Waals surface area (Å²) >= 11 is 0. The fourth-order valence-electron chi connectivity index (χ4n) is 3.87. The van der Waals surface area contributed by atoms with E-state index in [-0.39, 0.29) is 30.9 Å². The van der Waals surface area contributed by atoms with Gasteiger partial charge in [-0.1, -0.05) is 26.0 Å². The number of hydrogen-bond donors (Lipinski definition) is 8. The van der Waals surface area contributed by atoms with E-state index in [1.165, 1.54) is 36.8 Å². The molecule has 0 radical (unpaired) electrons. The van der Waals surface area contributed by atoms with E-state index in [0.717, 1.165) is 0 Å². The number of carbonyl (C=O) groups is 5. The summed E-state index contributed by atoms with van der Waals surface area (Å²) in [5.41, 5.74) is 6.98. The molecule has 14 heteroatoms. The molecule has 1 aromatic carbocycles. The number of nitrogens with two attached hydrogens (primary N) is 1. The molecule has 0 saturated carbocycles. The molecule has 1 heterocycles. The second-order valence-corrected chi connectivity index (χ2v) is 9.84. The van der Waals surface area contributed by atoms with Crippen LogP contribution in [0.25, 0.3) is 0 Å². The van der Waals surface area contributed by atoms with Gasteiger partial charge in [0, 0.05) is 31.2 Å². The molecule has 4 unspecified atom stereocenters. The summed E-state index contributed by atoms with van der Waals surface area (Å²) < 4.78 is 0. The first kappa shape index (κ1) is 31.8. The van der Waals surface area contributed by atoms with Crippen molar-refractivity contribution in [2.45, 2.75) is 70.1 Å². The molecule has 218 valence electrons. The van der Waals surface area contributed by atoms with E-state index >= 15 is 0 Å². The van der Waals surface area contributed by atoms with Gasteiger partial charge in [-0.2, -0.15) is 0 Å². The summed E-state index contributed by atoms with van der Waals surface area (Å²) in [4.78, 5) is 68.9. The van der Waals surface area contributed by atoms with Crippen molar-refractivity contribution in [2.75, 3.05) is 0 Å². The Labute approximate surface area is 230 Å². The summed E-state index contributed by atoms with van der Waals surface area (Å²) in [5.74, 6) is -4.77. The van der Waals surface area contributed by atoms with Gasteiger partial charge in [-0.15, -0.1) is 0 Å². The average Bonchev–Trinajstić information content (AvgIpc) is 3.39. The van der Waals surface area contributed by atoms with Crippen molar-refractivity contribution >= 4 is 29.7 Å². The van der Waals surface area contributed by atoms with Crippen LogP contribution < -0.4 is 21.7 Å². The molecule has 9 N–H and O–H groups in total. The van der Waals surface area contributed by atoms with Crippen LogP contribution in [0.4, 0.5) is 0 Å². The van der Waals surface area contributed by atoms with Crippen LogP contribution in [0.2, 0.25) is 0 Å². The average molecular weight is 561 g/mol. The second kappa shape index (κ2) is 15.2. The molecule has 0 spiro atoms. The third kappa shape index (κ3) is 10.7. The molecule has 0 aliphatic rings. The minimum absolute atomic E-state index is 0.0157. The van der Waals surface area contributed by atoms with Crippen molar-refractivity contribution < 1.29 is 39.3 Å². The predicted molar refractivity (Wildman–Crippen MR) is 142 cm³/mol. The second-order valence-electron chi connectivity index (χ2n) is 9.84. The Morgan fingerprint density at radius 1 is 0.900 bits per heavy atom. The standard InChI is InChI=1S/C26H36N6O8/c1-14(2)9-18(27)23(36)31-20(11-16-12-28-13-29-16)25(38)30-19(7-8-22(34)35)24(37)32-21(26(39)40)10-15-3-5-17(33)6-4-15/h3-6,12-14,18-21,33H,7-11,27H2,1-2H3,(H,28,29)(H,30,38)(H,31,36)(H,32,37)(H,34,35)(H,39,40). The number of amides is 3. The Hall–Kier alpha value is -4.46. The van der Waals surface area contributed by atoms with Crippen LogP contribution in [0, 0.1) is 5.92 Å². The lowest BCUT2D eigenvalue weighted by molar-refractivity contribution is -0.143. The first-order chi connectivity index (χ1) is 18.8. The number of nitrogens with one attached hydrogen (secondary N) is 4. The zero-order valence-corrected chi connectivity index (χ0v) is 22.3. The molecule has 2 aromatic rings. The van der Waals surface area contributed by atoms with Crippen molar-refractivity contribution in [1.29, 1.82) is 0 Å². The molecule has 0 aliphatic carbocycles. The van der Waals surface area contributed by atoms with Gasteiger partial charge in [0.2, 0.25) is 17.7 Å². The molecule has 0 bridgehead atoms. The number of nitrogens with zero attached hydrogens (tertiary/aromatic N) is 1. The quantitative estimate of drug-likeness (QED) is 0.133. The molecular weight excluding hydrogens is 524 g/mol. The van der Waals surface area contributed by atoms with E-state index in [0.29, 0.717) is 17.7 Å². The number of hydrogen-bond acceptors (Lipinski definition) is 8. The monoisotopic (exact) mass is 560 g/mol. The van der Waals surface area contributed by atoms with Crippen LogP contribution in [-0.2, 0) is 36.8 Å². The van der Waals surface area contributed by atoms with E-state index in [9.17, 15) is 34.2 Å². The van der Waals surface area contributed by atoms with Gasteiger partial charge in [0.05, 0.1) is 12.4 Å². The third-order valence-electron chi connectivity index (χ3n) is 5.94. The molecule has 4 atom stereocenters. The number of phenols is 1. The SMILES string of the molecule is CC(C)CC(N)C(=O)NC(Cc1cnc[nH]1)C(=O)NC(CCC(=O)O)C(=O)NC(Cc1ccc(O)cc1)C(=O)O. The number of carboxylic acid groups (broad SMARTS) is 2. The fourth-order valence-corrected chi connectivity index (χ4v) is 3.87. The molecule has 40 heavy (non-hydrogen) atoms. The lowest BCUT2D eigenvalue weighted by Gasteiger charge is -2.25. The largest absolute Gasteiger partial charge is 0.508 e. The number of aliphatic carboxylic acids is 2. The number of carbonyl (C=O) groups excluding carboxylic acids is 3. The van der Waals surface area contributed by atoms with Crippen molar-refractivity contribution in [3.63, 3.8) is 0 Å². The number of H-pyrrole nitrogens is 1. The molecule has 14 nitrogen and oxygen atoms in total. The Morgan fingerprint density at radius 3 is 2.05 bits per heavy atom. The Morgan fingerprint density at radius 2 is 1.50 bits per heavy atom. The highest BCUT2D eigenvalue weighted by Gasteiger charge is 2.31. The van der Waals surface area contributed by atoms with E-state index in [4.69, 9.17) is 10.8 Å². The van der Waals surface area contributed by atoms with Crippen LogP contribution >= 0.6 is 0 Å². The first-order valence-electron chi connectivity index (χ1n) is 12.7. The topological polar surface area (TPSA) is 237 Å². The number of aromatic hydroxyl groups is 1. The maximum absolute atomic E-state index is 13.3. The van der Waals surface area contributed by atoms with E-state index in [1.54, 1.807) is 0 Å². The highest BCUT2D eigenvalue weighted by Crippen LogP contribution is 2.12. The third-order valence-corrected chi connectivity index (χ3v) is 5.94. The molecule has 0 saturated heterocycles. The lowest BCUT2D eigenvalue weighted by Crippen LogP contribution is -2.58. The van der Waals surface area contributed by atoms with Crippen LogP contribution in [0.5, 0.6) is 5.75 Å². The van der Waals surface area contributed by atoms with Crippen LogP contribution in [0.15, 0.2) is 36.8 Å². The van der Waals surface area contributed by atoms with Crippen LogP contribution in [-0.4, -0.2) is 79.1 Å². The summed E-state index contributed by atoms with van der Waals surface area (Å²) in [6.07, 6.45) is 2.22. The van der Waals surface area contributed by atoms with Crippen molar-refractivity contribution in [2.24, 2.45) is 11.7 Å². The zero-order chi connectivity index (χ0) is 29.8. The lowest BCUT2D eigenvalue weighted by atomic mass is 10.0. The van der Waals surface area contributed by atoms with Gasteiger partial charge in [0.1, 0.15) is 23.9 Å². The normalized spacial score (nSPS) is 14.0. The number of benzene rings is 1. The molecule has 2 rings (SSSR count). The number of rotatable bonds is 16. The van der Waals surface area contributed by atoms with E-state index in [2.05, 4.69) is 25.9 Å². The van der Waals surface area contributed by atoms with Crippen molar-refractivity contribution in [3.8, 4) is 5.75 Å². The molecular formula is C26H36N6O8. The number of aromatic amines is 1. The number of phenolic OH excluding ortho intramolecular Hbond substituents is 1. The maximum atomic E-state index is 13.3. The van der Waals surface area contributed by atoms with Crippen molar-refractivity contribution in [3.05, 3.63) is 48.0 Å².